The Morgan fingerprint density at radius 2 is 1.72 bits per heavy atom. The van der Waals surface area contributed by atoms with Crippen molar-refractivity contribution in [1.29, 1.82) is 0 Å². The molecule has 0 radical (unpaired) electrons. The van der Waals surface area contributed by atoms with E-state index in [1.165, 1.54) is 0 Å². The number of nitrogens with zero attached hydrogens (tertiary/aromatic N) is 1. The first-order valence-corrected chi connectivity index (χ1v) is 6.20. The van der Waals surface area contributed by atoms with Crippen LogP contribution < -0.4 is 5.56 Å². The Morgan fingerprint density at radius 3 is 2.22 bits per heavy atom. The lowest BCUT2D eigenvalue weighted by molar-refractivity contribution is 0.581. The van der Waals surface area contributed by atoms with Crippen molar-refractivity contribution in [2.45, 2.75) is 40.0 Å². The molecule has 2 aromatic rings. The van der Waals surface area contributed by atoms with Gasteiger partial charge in [0.05, 0.1) is 5.69 Å². The number of para-hydroxylation sites is 1. The molecule has 0 amide bonds. The predicted molar refractivity (Wildman–Crippen MR) is 74.6 cm³/mol. The first-order valence-electron chi connectivity index (χ1n) is 6.20. The molecule has 1 aromatic carbocycles. The van der Waals surface area contributed by atoms with Gasteiger partial charge in [0, 0.05) is 11.3 Å². The molecule has 2 rings (SSSR count). The lowest BCUT2D eigenvalue weighted by Crippen LogP contribution is -2.21. The maximum atomic E-state index is 12.1. The fourth-order valence-corrected chi connectivity index (χ4v) is 2.46. The molecule has 1 N–H and O–H groups in total. The van der Waals surface area contributed by atoms with Crippen molar-refractivity contribution < 1.29 is 0 Å². The molecule has 0 saturated carbocycles. The lowest BCUT2D eigenvalue weighted by atomic mass is 9.87. The second kappa shape index (κ2) is 4.16. The largest absolute Gasteiger partial charge is 0.268 e. The minimum atomic E-state index is -0.147. The Morgan fingerprint density at radius 1 is 1.11 bits per heavy atom. The van der Waals surface area contributed by atoms with Gasteiger partial charge in [0.25, 0.3) is 5.56 Å². The van der Waals surface area contributed by atoms with Crippen molar-refractivity contribution in [2.75, 3.05) is 0 Å². The van der Waals surface area contributed by atoms with Crippen molar-refractivity contribution in [3.05, 3.63) is 51.4 Å². The van der Waals surface area contributed by atoms with Crippen LogP contribution in [0.1, 0.15) is 37.6 Å². The van der Waals surface area contributed by atoms with Crippen LogP contribution in [-0.2, 0) is 5.41 Å². The molecule has 0 aliphatic heterocycles. The summed E-state index contributed by atoms with van der Waals surface area (Å²) in [6, 6.07) is 8.05. The van der Waals surface area contributed by atoms with Crippen LogP contribution >= 0.6 is 0 Å². The normalized spacial score (nSPS) is 11.8. The summed E-state index contributed by atoms with van der Waals surface area (Å²) in [5, 5.41) is 2.94. The van der Waals surface area contributed by atoms with Crippen molar-refractivity contribution in [3.63, 3.8) is 0 Å². The number of H-pyrrole nitrogens is 1. The predicted octanol–water partition coefficient (Wildman–Crippen LogP) is 3.08. The molecule has 96 valence electrons. The summed E-state index contributed by atoms with van der Waals surface area (Å²) in [4.78, 5) is 12.1. The first kappa shape index (κ1) is 12.7. The van der Waals surface area contributed by atoms with E-state index >= 15 is 0 Å². The van der Waals surface area contributed by atoms with E-state index in [-0.39, 0.29) is 11.0 Å². The molecule has 3 nitrogen and oxygen atoms in total. The van der Waals surface area contributed by atoms with Gasteiger partial charge in [-0.3, -0.25) is 14.6 Å². The summed E-state index contributed by atoms with van der Waals surface area (Å²) in [7, 11) is 0. The van der Waals surface area contributed by atoms with Gasteiger partial charge in [0.15, 0.2) is 0 Å². The van der Waals surface area contributed by atoms with Gasteiger partial charge in [-0.25, -0.2) is 0 Å². The van der Waals surface area contributed by atoms with E-state index in [9.17, 15) is 4.79 Å². The van der Waals surface area contributed by atoms with Gasteiger partial charge in [0.1, 0.15) is 0 Å². The molecule has 3 heteroatoms. The molecule has 0 unspecified atom stereocenters. The maximum absolute atomic E-state index is 12.1. The molecule has 0 atom stereocenters. The van der Waals surface area contributed by atoms with Gasteiger partial charge < -0.3 is 0 Å². The Bertz CT molecular complexity index is 627. The SMILES string of the molecule is Cc1ccccc1-n1[nH]c(=O)c(C(C)(C)C)c1C. The third kappa shape index (κ3) is 2.01. The number of benzene rings is 1. The molecular weight excluding hydrogens is 224 g/mol. The topological polar surface area (TPSA) is 37.8 Å². The van der Waals surface area contributed by atoms with Crippen molar-refractivity contribution >= 4 is 0 Å². The molecular formula is C15H20N2O. The Kier molecular flexibility index (Phi) is 2.93. The Hall–Kier alpha value is -1.77. The zero-order valence-electron chi connectivity index (χ0n) is 11.7. The number of nitrogens with one attached hydrogen (secondary N) is 1. The van der Waals surface area contributed by atoms with Crippen LogP contribution in [0.3, 0.4) is 0 Å². The highest BCUT2D eigenvalue weighted by atomic mass is 16.1. The monoisotopic (exact) mass is 244 g/mol. The van der Waals surface area contributed by atoms with Crippen LogP contribution in [0.4, 0.5) is 0 Å². The van der Waals surface area contributed by atoms with E-state index < -0.39 is 0 Å². The van der Waals surface area contributed by atoms with Gasteiger partial charge >= 0.3 is 0 Å². The van der Waals surface area contributed by atoms with Crippen LogP contribution in [0.2, 0.25) is 0 Å². The number of rotatable bonds is 1. The van der Waals surface area contributed by atoms with E-state index in [4.69, 9.17) is 0 Å². The maximum Gasteiger partial charge on any atom is 0.268 e. The molecule has 18 heavy (non-hydrogen) atoms. The number of aromatic nitrogens is 2. The highest BCUT2D eigenvalue weighted by molar-refractivity contribution is 5.42. The highest BCUT2D eigenvalue weighted by Gasteiger charge is 2.24. The molecule has 0 bridgehead atoms. The summed E-state index contributed by atoms with van der Waals surface area (Å²) in [5.41, 5.74) is 3.87. The van der Waals surface area contributed by atoms with Gasteiger partial charge in [-0.1, -0.05) is 39.0 Å². The average Bonchev–Trinajstić information content (AvgIpc) is 2.54. The van der Waals surface area contributed by atoms with E-state index in [2.05, 4.69) is 25.9 Å². The van der Waals surface area contributed by atoms with Crippen LogP contribution in [0, 0.1) is 13.8 Å². The molecule has 1 aromatic heterocycles. The van der Waals surface area contributed by atoms with E-state index in [0.717, 1.165) is 22.5 Å². The smallest absolute Gasteiger partial charge is 0.268 e. The third-order valence-corrected chi connectivity index (χ3v) is 3.24. The first-order chi connectivity index (χ1) is 8.32. The lowest BCUT2D eigenvalue weighted by Gasteiger charge is -2.17. The molecule has 0 aliphatic rings. The zero-order valence-corrected chi connectivity index (χ0v) is 11.7. The molecule has 1 heterocycles. The summed E-state index contributed by atoms with van der Waals surface area (Å²) in [5.74, 6) is 0. The van der Waals surface area contributed by atoms with Crippen molar-refractivity contribution in [3.8, 4) is 5.69 Å². The standard InChI is InChI=1S/C15H20N2O/c1-10-8-6-7-9-12(10)17-11(2)13(14(18)16-17)15(3,4)5/h6-9H,1-5H3,(H,16,18). The quantitative estimate of drug-likeness (QED) is 0.822. The molecule has 0 saturated heterocycles. The summed E-state index contributed by atoms with van der Waals surface area (Å²) in [6.07, 6.45) is 0. The molecule has 0 aliphatic carbocycles. The van der Waals surface area contributed by atoms with E-state index in [1.54, 1.807) is 0 Å². The molecule has 0 fully saturated rings. The van der Waals surface area contributed by atoms with Gasteiger partial charge in [-0.15, -0.1) is 0 Å². The number of aryl methyl sites for hydroxylation is 1. The second-order valence-electron chi connectivity index (χ2n) is 5.77. The average molecular weight is 244 g/mol. The molecule has 0 spiro atoms. The Balaban J connectivity index is 2.70. The van der Waals surface area contributed by atoms with Crippen molar-refractivity contribution in [1.82, 2.24) is 9.78 Å². The minimum Gasteiger partial charge on any atom is -0.268 e. The fourth-order valence-electron chi connectivity index (χ4n) is 2.46. The Labute approximate surface area is 107 Å². The van der Waals surface area contributed by atoms with Gasteiger partial charge in [0.2, 0.25) is 0 Å². The summed E-state index contributed by atoms with van der Waals surface area (Å²) >= 11 is 0. The minimum absolute atomic E-state index is 0.00301. The van der Waals surface area contributed by atoms with Crippen LogP contribution in [0.15, 0.2) is 29.1 Å². The zero-order chi connectivity index (χ0) is 13.5. The second-order valence-corrected chi connectivity index (χ2v) is 5.77. The van der Waals surface area contributed by atoms with E-state index in [0.29, 0.717) is 0 Å². The summed E-state index contributed by atoms with van der Waals surface area (Å²) < 4.78 is 1.89. The van der Waals surface area contributed by atoms with E-state index in [1.807, 2.05) is 42.8 Å². The number of hydrogen-bond donors (Lipinski definition) is 1. The number of hydrogen-bond acceptors (Lipinski definition) is 1. The number of aromatic amines is 1. The van der Waals surface area contributed by atoms with Gasteiger partial charge in [-0.05, 0) is 30.9 Å². The highest BCUT2D eigenvalue weighted by Crippen LogP contribution is 2.24. The van der Waals surface area contributed by atoms with Crippen molar-refractivity contribution in [2.24, 2.45) is 0 Å². The third-order valence-electron chi connectivity index (χ3n) is 3.24. The van der Waals surface area contributed by atoms with Crippen LogP contribution in [-0.4, -0.2) is 9.78 Å². The fraction of sp³-hybridized carbons (Fsp3) is 0.400. The summed E-state index contributed by atoms with van der Waals surface area (Å²) in [6.45, 7) is 10.2. The van der Waals surface area contributed by atoms with Crippen LogP contribution in [0.5, 0.6) is 0 Å². The van der Waals surface area contributed by atoms with Gasteiger partial charge in [-0.2, -0.15) is 0 Å². The van der Waals surface area contributed by atoms with Crippen LogP contribution in [0.25, 0.3) is 5.69 Å².